The molecule has 3 rings (SSSR count). The van der Waals surface area contributed by atoms with E-state index < -0.39 is 5.60 Å². The molecule has 0 bridgehead atoms. The Kier molecular flexibility index (Phi) is 5.09. The first-order chi connectivity index (χ1) is 12.7. The molecule has 1 aromatic heterocycles. The molecule has 4 nitrogen and oxygen atoms in total. The summed E-state index contributed by atoms with van der Waals surface area (Å²) in [6, 6.07) is 10.2. The largest absolute Gasteiger partial charge is 0.455 e. The van der Waals surface area contributed by atoms with E-state index in [1.165, 1.54) is 0 Å². The van der Waals surface area contributed by atoms with E-state index in [-0.39, 0.29) is 5.97 Å². The molecule has 0 unspecified atom stereocenters. The third-order valence-corrected chi connectivity index (χ3v) is 4.82. The molecule has 0 spiro atoms. The Hall–Kier alpha value is -2.62. The predicted molar refractivity (Wildman–Crippen MR) is 110 cm³/mol. The molecule has 0 saturated carbocycles. The fourth-order valence-electron chi connectivity index (χ4n) is 3.35. The van der Waals surface area contributed by atoms with E-state index in [4.69, 9.17) is 9.73 Å². The molecule has 1 aromatic carbocycles. The van der Waals surface area contributed by atoms with Crippen molar-refractivity contribution < 1.29 is 9.53 Å². The Labute approximate surface area is 161 Å². The van der Waals surface area contributed by atoms with E-state index in [2.05, 4.69) is 24.0 Å². The summed E-state index contributed by atoms with van der Waals surface area (Å²) < 4.78 is 5.59. The van der Waals surface area contributed by atoms with Crippen molar-refractivity contribution in [3.8, 4) is 0 Å². The van der Waals surface area contributed by atoms with Gasteiger partial charge in [-0.25, -0.2) is 4.79 Å². The van der Waals surface area contributed by atoms with Gasteiger partial charge in [0.1, 0.15) is 11.3 Å². The van der Waals surface area contributed by atoms with Crippen LogP contribution in [0.15, 0.2) is 41.0 Å². The molecule has 1 N–H and O–H groups in total. The van der Waals surface area contributed by atoms with Crippen LogP contribution >= 0.6 is 0 Å². The zero-order valence-electron chi connectivity index (χ0n) is 17.1. The molecule has 27 heavy (non-hydrogen) atoms. The maximum Gasteiger partial charge on any atom is 0.355 e. The summed E-state index contributed by atoms with van der Waals surface area (Å²) in [7, 11) is 0. The molecule has 1 aliphatic heterocycles. The average Bonchev–Trinajstić information content (AvgIpc) is 3.13. The van der Waals surface area contributed by atoms with Gasteiger partial charge in [-0.2, -0.15) is 0 Å². The summed E-state index contributed by atoms with van der Waals surface area (Å²) in [4.78, 5) is 20.8. The van der Waals surface area contributed by atoms with Crippen molar-refractivity contribution >= 4 is 17.3 Å². The minimum Gasteiger partial charge on any atom is -0.455 e. The van der Waals surface area contributed by atoms with Crippen LogP contribution in [0.2, 0.25) is 0 Å². The van der Waals surface area contributed by atoms with Gasteiger partial charge in [-0.05, 0) is 71.1 Å². The molecule has 0 radical (unpaired) electrons. The van der Waals surface area contributed by atoms with Crippen LogP contribution in [0.4, 0.5) is 0 Å². The molecule has 0 atom stereocenters. The zero-order valence-corrected chi connectivity index (χ0v) is 17.1. The molecule has 142 valence electrons. The average molecular weight is 364 g/mol. The second kappa shape index (κ2) is 7.18. The highest BCUT2D eigenvalue weighted by molar-refractivity contribution is 5.94. The van der Waals surface area contributed by atoms with E-state index in [9.17, 15) is 4.79 Å². The highest BCUT2D eigenvalue weighted by atomic mass is 16.6. The van der Waals surface area contributed by atoms with Crippen LogP contribution in [-0.2, 0) is 4.74 Å². The first-order valence-electron chi connectivity index (χ1n) is 9.43. The second-order valence-electron chi connectivity index (χ2n) is 8.16. The van der Waals surface area contributed by atoms with Gasteiger partial charge in [0, 0.05) is 11.3 Å². The van der Waals surface area contributed by atoms with Crippen molar-refractivity contribution in [3.63, 3.8) is 0 Å². The number of hydrogen-bond acceptors (Lipinski definition) is 3. The molecular weight excluding hydrogens is 336 g/mol. The van der Waals surface area contributed by atoms with Crippen LogP contribution < -0.4 is 0 Å². The normalized spacial score (nSPS) is 16.3. The first kappa shape index (κ1) is 19.2. The quantitative estimate of drug-likeness (QED) is 0.721. The summed E-state index contributed by atoms with van der Waals surface area (Å²) >= 11 is 0. The van der Waals surface area contributed by atoms with Crippen LogP contribution in [0.5, 0.6) is 0 Å². The van der Waals surface area contributed by atoms with Crippen molar-refractivity contribution in [2.24, 2.45) is 4.99 Å². The maximum atomic E-state index is 12.7. The number of carbonyl (C=O) groups excluding carboxylic acids is 1. The lowest BCUT2D eigenvalue weighted by Gasteiger charge is -2.19. The fraction of sp³-hybridized carbons (Fsp3) is 0.391. The van der Waals surface area contributed by atoms with Gasteiger partial charge in [-0.15, -0.1) is 0 Å². The van der Waals surface area contributed by atoms with Crippen molar-refractivity contribution in [2.75, 3.05) is 0 Å². The smallest absolute Gasteiger partial charge is 0.355 e. The summed E-state index contributed by atoms with van der Waals surface area (Å²) in [6.45, 7) is 11.7. The van der Waals surface area contributed by atoms with Gasteiger partial charge < -0.3 is 9.72 Å². The molecule has 1 aliphatic rings. The third-order valence-electron chi connectivity index (χ3n) is 4.82. The van der Waals surface area contributed by atoms with Crippen molar-refractivity contribution in [3.05, 3.63) is 64.1 Å². The third kappa shape index (κ3) is 4.05. The van der Waals surface area contributed by atoms with E-state index in [0.29, 0.717) is 5.69 Å². The summed E-state index contributed by atoms with van der Waals surface area (Å²) in [6.07, 6.45) is 1.89. The SMILES string of the molecule is CC1=N/C(=C(/c2ccccc2)c2[nH]c(C(=O)OC(C)(C)C)c(C)c2C)CC1. The number of aromatic amines is 1. The number of hydrogen-bond donors (Lipinski definition) is 1. The number of rotatable bonds is 3. The molecule has 2 aromatic rings. The van der Waals surface area contributed by atoms with E-state index in [1.54, 1.807) is 0 Å². The number of benzene rings is 1. The molecule has 0 amide bonds. The number of esters is 1. The zero-order chi connectivity index (χ0) is 19.8. The number of aliphatic imine (C=N–C) groups is 1. The lowest BCUT2D eigenvalue weighted by atomic mass is 9.96. The van der Waals surface area contributed by atoms with Gasteiger partial charge in [-0.3, -0.25) is 4.99 Å². The Morgan fingerprint density at radius 2 is 1.63 bits per heavy atom. The number of carbonyl (C=O) groups is 1. The topological polar surface area (TPSA) is 54.5 Å². The Bertz CT molecular complexity index is 925. The highest BCUT2D eigenvalue weighted by Crippen LogP contribution is 2.35. The molecule has 4 heteroatoms. The minimum atomic E-state index is -0.531. The molecular formula is C23H28N2O2. The van der Waals surface area contributed by atoms with E-state index >= 15 is 0 Å². The van der Waals surface area contributed by atoms with Gasteiger partial charge in [-0.1, -0.05) is 30.3 Å². The Balaban J connectivity index is 2.15. The van der Waals surface area contributed by atoms with Crippen LogP contribution in [-0.4, -0.2) is 22.3 Å². The number of allylic oxidation sites excluding steroid dienone is 1. The Morgan fingerprint density at radius 3 is 2.19 bits per heavy atom. The molecule has 0 saturated heterocycles. The van der Waals surface area contributed by atoms with Crippen molar-refractivity contribution in [1.29, 1.82) is 0 Å². The predicted octanol–water partition coefficient (Wildman–Crippen LogP) is 5.60. The standard InChI is InChI=1S/C23H28N2O2/c1-14-12-13-18(24-14)19(17-10-8-7-9-11-17)20-15(2)16(3)21(25-20)22(26)27-23(4,5)6/h7-11,25H,12-13H2,1-6H3/b19-18-. The molecule has 2 heterocycles. The number of nitrogens with one attached hydrogen (secondary N) is 1. The van der Waals surface area contributed by atoms with Crippen LogP contribution in [0.25, 0.3) is 5.57 Å². The summed E-state index contributed by atoms with van der Waals surface area (Å²) in [5.41, 5.74) is 7.31. The number of H-pyrrole nitrogens is 1. The monoisotopic (exact) mass is 364 g/mol. The van der Waals surface area contributed by atoms with Gasteiger partial charge >= 0.3 is 5.97 Å². The van der Waals surface area contributed by atoms with Crippen LogP contribution in [0.3, 0.4) is 0 Å². The van der Waals surface area contributed by atoms with Gasteiger partial charge in [0.15, 0.2) is 0 Å². The van der Waals surface area contributed by atoms with E-state index in [1.807, 2.05) is 52.8 Å². The Morgan fingerprint density at radius 1 is 1.00 bits per heavy atom. The molecule has 0 aliphatic carbocycles. The van der Waals surface area contributed by atoms with Gasteiger partial charge in [0.05, 0.1) is 11.4 Å². The van der Waals surface area contributed by atoms with Gasteiger partial charge in [0.2, 0.25) is 0 Å². The highest BCUT2D eigenvalue weighted by Gasteiger charge is 2.26. The fourth-order valence-corrected chi connectivity index (χ4v) is 3.35. The van der Waals surface area contributed by atoms with Crippen molar-refractivity contribution in [2.45, 2.75) is 60.0 Å². The number of nitrogens with zero attached hydrogens (tertiary/aromatic N) is 1. The first-order valence-corrected chi connectivity index (χ1v) is 9.43. The van der Waals surface area contributed by atoms with Crippen molar-refractivity contribution in [1.82, 2.24) is 4.98 Å². The minimum absolute atomic E-state index is 0.321. The van der Waals surface area contributed by atoms with Crippen LogP contribution in [0.1, 0.15) is 73.4 Å². The summed E-state index contributed by atoms with van der Waals surface area (Å²) in [5.74, 6) is -0.321. The van der Waals surface area contributed by atoms with Crippen LogP contribution in [0, 0.1) is 13.8 Å². The van der Waals surface area contributed by atoms with E-state index in [0.717, 1.165) is 52.2 Å². The maximum absolute atomic E-state index is 12.7. The summed E-state index contributed by atoms with van der Waals surface area (Å²) in [5, 5.41) is 0. The molecule has 0 fully saturated rings. The number of aromatic nitrogens is 1. The lowest BCUT2D eigenvalue weighted by molar-refractivity contribution is 0.00627. The van der Waals surface area contributed by atoms with Gasteiger partial charge in [0.25, 0.3) is 0 Å². The second-order valence-corrected chi connectivity index (χ2v) is 8.16. The number of ether oxygens (including phenoxy) is 1. The lowest BCUT2D eigenvalue weighted by Crippen LogP contribution is -2.24.